The Bertz CT molecular complexity index is 381. The second kappa shape index (κ2) is 6.01. The van der Waals surface area contributed by atoms with Crippen molar-refractivity contribution in [2.45, 2.75) is 38.7 Å². The van der Waals surface area contributed by atoms with Crippen molar-refractivity contribution in [3.63, 3.8) is 0 Å². The summed E-state index contributed by atoms with van der Waals surface area (Å²) >= 11 is 0. The van der Waals surface area contributed by atoms with Crippen molar-refractivity contribution in [3.8, 4) is 0 Å². The maximum atomic E-state index is 12.0. The van der Waals surface area contributed by atoms with E-state index in [4.69, 9.17) is 0 Å². The zero-order valence-electron chi connectivity index (χ0n) is 11.7. The lowest BCUT2D eigenvalue weighted by Crippen LogP contribution is -2.40. The van der Waals surface area contributed by atoms with Gasteiger partial charge in [-0.15, -0.1) is 0 Å². The lowest BCUT2D eigenvalue weighted by atomic mass is 9.97. The van der Waals surface area contributed by atoms with Gasteiger partial charge in [0, 0.05) is 20.0 Å². The summed E-state index contributed by atoms with van der Waals surface area (Å²) < 4.78 is 0. The highest BCUT2D eigenvalue weighted by Crippen LogP contribution is 2.19. The molecule has 1 atom stereocenters. The molecule has 0 bridgehead atoms. The molecule has 3 heteroatoms. The summed E-state index contributed by atoms with van der Waals surface area (Å²) in [5.74, 6) is 0.261. The standard InChI is InChI=1S/C15H23NO2/c1-12(13-8-6-5-7-9-13)10-14(17)16(4)11-15(2,3)18/h5-9,12,18H,10-11H2,1-4H3. The van der Waals surface area contributed by atoms with Crippen LogP contribution in [0.2, 0.25) is 0 Å². The topological polar surface area (TPSA) is 40.5 Å². The largest absolute Gasteiger partial charge is 0.389 e. The summed E-state index contributed by atoms with van der Waals surface area (Å²) in [5.41, 5.74) is 0.322. The summed E-state index contributed by atoms with van der Waals surface area (Å²) in [7, 11) is 1.73. The molecule has 1 rings (SSSR count). The number of hydrogen-bond donors (Lipinski definition) is 1. The lowest BCUT2D eigenvalue weighted by Gasteiger charge is -2.26. The minimum atomic E-state index is -0.847. The zero-order chi connectivity index (χ0) is 13.8. The smallest absolute Gasteiger partial charge is 0.223 e. The predicted octanol–water partition coefficient (Wildman–Crippen LogP) is 2.41. The van der Waals surface area contributed by atoms with Crippen molar-refractivity contribution in [1.29, 1.82) is 0 Å². The van der Waals surface area contributed by atoms with Crippen molar-refractivity contribution >= 4 is 5.91 Å². The van der Waals surface area contributed by atoms with Crippen LogP contribution in [-0.4, -0.2) is 35.1 Å². The monoisotopic (exact) mass is 249 g/mol. The average molecular weight is 249 g/mol. The predicted molar refractivity (Wildman–Crippen MR) is 73.4 cm³/mol. The van der Waals surface area contributed by atoms with Gasteiger partial charge in [-0.3, -0.25) is 4.79 Å². The summed E-state index contributed by atoms with van der Waals surface area (Å²) in [6, 6.07) is 10.0. The highest BCUT2D eigenvalue weighted by Gasteiger charge is 2.20. The van der Waals surface area contributed by atoms with Crippen molar-refractivity contribution in [1.82, 2.24) is 4.90 Å². The van der Waals surface area contributed by atoms with Gasteiger partial charge in [-0.1, -0.05) is 37.3 Å². The van der Waals surface area contributed by atoms with E-state index in [9.17, 15) is 9.90 Å². The molecule has 1 aromatic carbocycles. The van der Waals surface area contributed by atoms with Gasteiger partial charge in [0.1, 0.15) is 0 Å². The fourth-order valence-electron chi connectivity index (χ4n) is 1.99. The number of amides is 1. The van der Waals surface area contributed by atoms with Crippen LogP contribution in [0.5, 0.6) is 0 Å². The molecule has 0 saturated carbocycles. The van der Waals surface area contributed by atoms with Crippen LogP contribution in [-0.2, 0) is 4.79 Å². The molecule has 0 heterocycles. The molecule has 0 spiro atoms. The van der Waals surface area contributed by atoms with E-state index in [1.165, 1.54) is 5.56 Å². The van der Waals surface area contributed by atoms with Crippen molar-refractivity contribution in [3.05, 3.63) is 35.9 Å². The summed E-state index contributed by atoms with van der Waals surface area (Å²) in [6.07, 6.45) is 0.469. The first-order valence-corrected chi connectivity index (χ1v) is 6.31. The van der Waals surface area contributed by atoms with Crippen LogP contribution in [0.15, 0.2) is 30.3 Å². The third-order valence-electron chi connectivity index (χ3n) is 2.90. The quantitative estimate of drug-likeness (QED) is 0.870. The van der Waals surface area contributed by atoms with Crippen LogP contribution in [0.3, 0.4) is 0 Å². The van der Waals surface area contributed by atoms with Crippen LogP contribution >= 0.6 is 0 Å². The van der Waals surface area contributed by atoms with Gasteiger partial charge in [-0.2, -0.15) is 0 Å². The van der Waals surface area contributed by atoms with Crippen LogP contribution in [0, 0.1) is 0 Å². The van der Waals surface area contributed by atoms with Gasteiger partial charge in [0.25, 0.3) is 0 Å². The summed E-state index contributed by atoms with van der Waals surface area (Å²) in [5, 5.41) is 9.69. The number of aliphatic hydroxyl groups is 1. The molecular formula is C15H23NO2. The second-order valence-electron chi connectivity index (χ2n) is 5.58. The zero-order valence-corrected chi connectivity index (χ0v) is 11.7. The third kappa shape index (κ3) is 4.88. The number of benzene rings is 1. The Kier molecular flexibility index (Phi) is 4.91. The third-order valence-corrected chi connectivity index (χ3v) is 2.90. The fourth-order valence-corrected chi connectivity index (χ4v) is 1.99. The Morgan fingerprint density at radius 2 is 1.89 bits per heavy atom. The molecule has 0 fully saturated rings. The molecule has 1 amide bonds. The molecule has 0 aliphatic rings. The van der Waals surface area contributed by atoms with Crippen LogP contribution in [0.4, 0.5) is 0 Å². The van der Waals surface area contributed by atoms with E-state index < -0.39 is 5.60 Å². The Labute approximate surface area is 109 Å². The van der Waals surface area contributed by atoms with Crippen molar-refractivity contribution in [2.24, 2.45) is 0 Å². The van der Waals surface area contributed by atoms with Gasteiger partial charge >= 0.3 is 0 Å². The summed E-state index contributed by atoms with van der Waals surface area (Å²) in [4.78, 5) is 13.6. The van der Waals surface area contributed by atoms with Gasteiger partial charge in [-0.05, 0) is 25.3 Å². The average Bonchev–Trinajstić information content (AvgIpc) is 2.27. The SMILES string of the molecule is CC(CC(=O)N(C)CC(C)(C)O)c1ccccc1. The molecule has 0 aromatic heterocycles. The highest BCUT2D eigenvalue weighted by molar-refractivity contribution is 5.76. The molecule has 1 aromatic rings. The van der Waals surface area contributed by atoms with E-state index in [0.717, 1.165) is 0 Å². The van der Waals surface area contributed by atoms with Crippen molar-refractivity contribution in [2.75, 3.05) is 13.6 Å². The minimum Gasteiger partial charge on any atom is -0.389 e. The maximum absolute atomic E-state index is 12.0. The number of nitrogens with zero attached hydrogens (tertiary/aromatic N) is 1. The van der Waals surface area contributed by atoms with Crippen LogP contribution < -0.4 is 0 Å². The maximum Gasteiger partial charge on any atom is 0.223 e. The van der Waals surface area contributed by atoms with E-state index in [1.54, 1.807) is 25.8 Å². The minimum absolute atomic E-state index is 0.0634. The first-order chi connectivity index (χ1) is 8.29. The van der Waals surface area contributed by atoms with Gasteiger partial charge < -0.3 is 10.0 Å². The van der Waals surface area contributed by atoms with Gasteiger partial charge in [0.15, 0.2) is 0 Å². The highest BCUT2D eigenvalue weighted by atomic mass is 16.3. The van der Waals surface area contributed by atoms with E-state index in [0.29, 0.717) is 13.0 Å². The van der Waals surface area contributed by atoms with Gasteiger partial charge in [0.05, 0.1) is 5.60 Å². The molecule has 0 aliphatic heterocycles. The molecular weight excluding hydrogens is 226 g/mol. The molecule has 0 saturated heterocycles. The number of carbonyl (C=O) groups excluding carboxylic acids is 1. The van der Waals surface area contributed by atoms with Crippen LogP contribution in [0.1, 0.15) is 38.7 Å². The van der Waals surface area contributed by atoms with E-state index in [1.807, 2.05) is 37.3 Å². The molecule has 0 radical (unpaired) electrons. The first-order valence-electron chi connectivity index (χ1n) is 6.31. The molecule has 0 aliphatic carbocycles. The Morgan fingerprint density at radius 3 is 2.39 bits per heavy atom. The number of likely N-dealkylation sites (N-methyl/N-ethyl adjacent to an activating group) is 1. The first kappa shape index (κ1) is 14.7. The van der Waals surface area contributed by atoms with Gasteiger partial charge in [-0.25, -0.2) is 0 Å². The molecule has 1 N–H and O–H groups in total. The van der Waals surface area contributed by atoms with Crippen LogP contribution in [0.25, 0.3) is 0 Å². The normalized spacial score (nSPS) is 13.2. The fraction of sp³-hybridized carbons (Fsp3) is 0.533. The second-order valence-corrected chi connectivity index (χ2v) is 5.58. The Hall–Kier alpha value is -1.35. The number of carbonyl (C=O) groups is 1. The summed E-state index contributed by atoms with van der Waals surface area (Å²) in [6.45, 7) is 5.81. The Morgan fingerprint density at radius 1 is 1.33 bits per heavy atom. The lowest BCUT2D eigenvalue weighted by molar-refractivity contribution is -0.132. The van der Waals surface area contributed by atoms with Gasteiger partial charge in [0.2, 0.25) is 5.91 Å². The molecule has 1 unspecified atom stereocenters. The van der Waals surface area contributed by atoms with Crippen molar-refractivity contribution < 1.29 is 9.90 Å². The number of hydrogen-bond acceptors (Lipinski definition) is 2. The van der Waals surface area contributed by atoms with E-state index >= 15 is 0 Å². The molecule has 18 heavy (non-hydrogen) atoms. The molecule has 3 nitrogen and oxygen atoms in total. The number of rotatable bonds is 5. The molecule has 100 valence electrons. The van der Waals surface area contributed by atoms with E-state index in [2.05, 4.69) is 0 Å². The Balaban J connectivity index is 2.55. The van der Waals surface area contributed by atoms with E-state index in [-0.39, 0.29) is 11.8 Å².